The molecule has 1 aromatic heterocycles. The molecule has 0 fully saturated rings. The molecular weight excluding hydrogens is 196 g/mol. The molecule has 0 radical (unpaired) electrons. The van der Waals surface area contributed by atoms with Crippen molar-refractivity contribution >= 4 is 5.57 Å². The fourth-order valence-electron chi connectivity index (χ4n) is 1.59. The van der Waals surface area contributed by atoms with Gasteiger partial charge in [0.15, 0.2) is 0 Å². The Morgan fingerprint density at radius 3 is 2.56 bits per heavy atom. The van der Waals surface area contributed by atoms with Gasteiger partial charge >= 0.3 is 0 Å². The summed E-state index contributed by atoms with van der Waals surface area (Å²) in [6, 6.07) is 10.4. The Kier molecular flexibility index (Phi) is 2.91. The van der Waals surface area contributed by atoms with E-state index in [1.165, 1.54) is 16.7 Å². The molecule has 0 atom stereocenters. The minimum absolute atomic E-state index is 1.10. The molecule has 2 heteroatoms. The SMILES string of the molecule is CC(C)=C(C)c1cccc(-n2cccn2)c1. The lowest BCUT2D eigenvalue weighted by atomic mass is 10.0. The van der Waals surface area contributed by atoms with Crippen molar-refractivity contribution in [2.24, 2.45) is 0 Å². The van der Waals surface area contributed by atoms with E-state index in [9.17, 15) is 0 Å². The molecule has 0 aliphatic heterocycles. The minimum atomic E-state index is 1.10. The Morgan fingerprint density at radius 1 is 1.12 bits per heavy atom. The number of rotatable bonds is 2. The molecule has 0 aliphatic rings. The average Bonchev–Trinajstić information content (AvgIpc) is 2.81. The Morgan fingerprint density at radius 2 is 1.94 bits per heavy atom. The first kappa shape index (κ1) is 10.7. The number of aromatic nitrogens is 2. The van der Waals surface area contributed by atoms with E-state index < -0.39 is 0 Å². The Labute approximate surface area is 96.2 Å². The van der Waals surface area contributed by atoms with Gasteiger partial charge in [-0.15, -0.1) is 0 Å². The molecule has 0 N–H and O–H groups in total. The van der Waals surface area contributed by atoms with Crippen LogP contribution in [0.1, 0.15) is 26.3 Å². The molecule has 0 aliphatic carbocycles. The van der Waals surface area contributed by atoms with Crippen LogP contribution in [0, 0.1) is 0 Å². The summed E-state index contributed by atoms with van der Waals surface area (Å²) in [5.74, 6) is 0. The molecule has 2 nitrogen and oxygen atoms in total. The van der Waals surface area contributed by atoms with Gasteiger partial charge in [0.05, 0.1) is 5.69 Å². The van der Waals surface area contributed by atoms with Crippen LogP contribution in [0.4, 0.5) is 0 Å². The first-order valence-electron chi connectivity index (χ1n) is 5.43. The number of hydrogen-bond acceptors (Lipinski definition) is 1. The molecule has 16 heavy (non-hydrogen) atoms. The maximum Gasteiger partial charge on any atom is 0.0651 e. The Hall–Kier alpha value is -1.83. The van der Waals surface area contributed by atoms with Crippen molar-refractivity contribution in [3.05, 3.63) is 53.9 Å². The highest BCUT2D eigenvalue weighted by atomic mass is 15.3. The van der Waals surface area contributed by atoms with Crippen molar-refractivity contribution in [2.45, 2.75) is 20.8 Å². The van der Waals surface area contributed by atoms with Crippen molar-refractivity contribution in [1.29, 1.82) is 0 Å². The van der Waals surface area contributed by atoms with E-state index in [4.69, 9.17) is 0 Å². The fraction of sp³-hybridized carbons (Fsp3) is 0.214. The molecular formula is C14H16N2. The van der Waals surface area contributed by atoms with Gasteiger partial charge in [-0.05, 0) is 50.1 Å². The van der Waals surface area contributed by atoms with Crippen LogP contribution >= 0.6 is 0 Å². The predicted molar refractivity (Wildman–Crippen MR) is 67.5 cm³/mol. The summed E-state index contributed by atoms with van der Waals surface area (Å²) in [7, 11) is 0. The Bertz CT molecular complexity index is 503. The number of allylic oxidation sites excluding steroid dienone is 2. The van der Waals surface area contributed by atoms with E-state index in [2.05, 4.69) is 50.1 Å². The zero-order valence-corrected chi connectivity index (χ0v) is 9.94. The molecule has 82 valence electrons. The van der Waals surface area contributed by atoms with Crippen LogP contribution in [0.15, 0.2) is 48.3 Å². The highest BCUT2D eigenvalue weighted by Gasteiger charge is 2.00. The molecule has 0 saturated heterocycles. The van der Waals surface area contributed by atoms with Gasteiger partial charge in [0.25, 0.3) is 0 Å². The third kappa shape index (κ3) is 2.06. The highest BCUT2D eigenvalue weighted by Crippen LogP contribution is 2.20. The molecule has 1 aromatic carbocycles. The maximum atomic E-state index is 4.23. The van der Waals surface area contributed by atoms with Crippen molar-refractivity contribution in [3.63, 3.8) is 0 Å². The summed E-state index contributed by atoms with van der Waals surface area (Å²) < 4.78 is 1.88. The normalized spacial score (nSPS) is 10.2. The summed E-state index contributed by atoms with van der Waals surface area (Å²) in [5.41, 5.74) is 5.03. The fourth-order valence-corrected chi connectivity index (χ4v) is 1.59. The van der Waals surface area contributed by atoms with Gasteiger partial charge in [-0.2, -0.15) is 5.10 Å². The molecule has 2 rings (SSSR count). The van der Waals surface area contributed by atoms with Gasteiger partial charge in [0.2, 0.25) is 0 Å². The van der Waals surface area contributed by atoms with E-state index in [0.29, 0.717) is 0 Å². The van der Waals surface area contributed by atoms with E-state index in [1.54, 1.807) is 6.20 Å². The summed E-state index contributed by atoms with van der Waals surface area (Å²) in [5, 5.41) is 4.23. The summed E-state index contributed by atoms with van der Waals surface area (Å²) in [6.07, 6.45) is 3.75. The standard InChI is InChI=1S/C14H16N2/c1-11(2)12(3)13-6-4-7-14(10-13)16-9-5-8-15-16/h4-10H,1-3H3. The quantitative estimate of drug-likeness (QED) is 0.742. The first-order valence-corrected chi connectivity index (χ1v) is 5.43. The third-order valence-electron chi connectivity index (χ3n) is 2.80. The second kappa shape index (κ2) is 4.35. The predicted octanol–water partition coefficient (Wildman–Crippen LogP) is 3.69. The lowest BCUT2D eigenvalue weighted by molar-refractivity contribution is 0.880. The largest absolute Gasteiger partial charge is 0.241 e. The van der Waals surface area contributed by atoms with Crippen LogP contribution < -0.4 is 0 Å². The van der Waals surface area contributed by atoms with E-state index >= 15 is 0 Å². The molecule has 0 saturated carbocycles. The number of benzene rings is 1. The summed E-state index contributed by atoms with van der Waals surface area (Å²) in [4.78, 5) is 0. The van der Waals surface area contributed by atoms with Crippen molar-refractivity contribution in [2.75, 3.05) is 0 Å². The van der Waals surface area contributed by atoms with Gasteiger partial charge in [-0.3, -0.25) is 0 Å². The van der Waals surface area contributed by atoms with Gasteiger partial charge in [0, 0.05) is 12.4 Å². The van der Waals surface area contributed by atoms with Crippen LogP contribution in [0.2, 0.25) is 0 Å². The highest BCUT2D eigenvalue weighted by molar-refractivity contribution is 5.67. The second-order valence-corrected chi connectivity index (χ2v) is 4.13. The molecule has 1 heterocycles. The van der Waals surface area contributed by atoms with Gasteiger partial charge in [-0.25, -0.2) is 4.68 Å². The molecule has 0 amide bonds. The maximum absolute atomic E-state index is 4.23. The summed E-state index contributed by atoms with van der Waals surface area (Å²) in [6.45, 7) is 6.42. The van der Waals surface area contributed by atoms with E-state index in [-0.39, 0.29) is 0 Å². The van der Waals surface area contributed by atoms with Crippen molar-refractivity contribution in [3.8, 4) is 5.69 Å². The Balaban J connectivity index is 2.46. The lowest BCUT2D eigenvalue weighted by Gasteiger charge is -2.07. The van der Waals surface area contributed by atoms with Crippen molar-refractivity contribution < 1.29 is 0 Å². The molecule has 0 spiro atoms. The molecule has 0 bridgehead atoms. The van der Waals surface area contributed by atoms with Crippen LogP contribution in [0.25, 0.3) is 11.3 Å². The minimum Gasteiger partial charge on any atom is -0.241 e. The molecule has 0 unspecified atom stereocenters. The smallest absolute Gasteiger partial charge is 0.0651 e. The first-order chi connectivity index (χ1) is 7.68. The van der Waals surface area contributed by atoms with Crippen LogP contribution in [0.5, 0.6) is 0 Å². The zero-order valence-electron chi connectivity index (χ0n) is 9.94. The van der Waals surface area contributed by atoms with Crippen LogP contribution in [0.3, 0.4) is 0 Å². The van der Waals surface area contributed by atoms with Crippen LogP contribution in [-0.4, -0.2) is 9.78 Å². The van der Waals surface area contributed by atoms with Gasteiger partial charge in [-0.1, -0.05) is 17.7 Å². The van der Waals surface area contributed by atoms with Crippen LogP contribution in [-0.2, 0) is 0 Å². The number of nitrogens with zero attached hydrogens (tertiary/aromatic N) is 2. The van der Waals surface area contributed by atoms with Crippen molar-refractivity contribution in [1.82, 2.24) is 9.78 Å². The summed E-state index contributed by atoms with van der Waals surface area (Å²) >= 11 is 0. The number of hydrogen-bond donors (Lipinski definition) is 0. The second-order valence-electron chi connectivity index (χ2n) is 4.13. The topological polar surface area (TPSA) is 17.8 Å². The van der Waals surface area contributed by atoms with Gasteiger partial charge in [0.1, 0.15) is 0 Å². The van der Waals surface area contributed by atoms with E-state index in [0.717, 1.165) is 5.69 Å². The third-order valence-corrected chi connectivity index (χ3v) is 2.80. The molecule has 2 aromatic rings. The lowest BCUT2D eigenvalue weighted by Crippen LogP contribution is -1.95. The average molecular weight is 212 g/mol. The monoisotopic (exact) mass is 212 g/mol. The van der Waals surface area contributed by atoms with Gasteiger partial charge < -0.3 is 0 Å². The zero-order chi connectivity index (χ0) is 11.5. The van der Waals surface area contributed by atoms with E-state index in [1.807, 2.05) is 16.9 Å².